The summed E-state index contributed by atoms with van der Waals surface area (Å²) < 4.78 is 5.84. The number of nitrogens with one attached hydrogen (secondary N) is 3. The summed E-state index contributed by atoms with van der Waals surface area (Å²) in [4.78, 5) is 16.0. The zero-order valence-electron chi connectivity index (χ0n) is 16.8. The molecule has 1 atom stereocenters. The smallest absolute Gasteiger partial charge is 0.221 e. The predicted octanol–water partition coefficient (Wildman–Crippen LogP) is 2.75. The molecular weight excluding hydrogens is 328 g/mol. The monoisotopic (exact) mass is 362 g/mol. The van der Waals surface area contributed by atoms with E-state index in [9.17, 15) is 4.79 Å². The molecule has 0 saturated heterocycles. The second kappa shape index (κ2) is 12.2. The lowest BCUT2D eigenvalue weighted by molar-refractivity contribution is -0.121. The number of hydrogen-bond acceptors (Lipinski definition) is 3. The van der Waals surface area contributed by atoms with E-state index < -0.39 is 0 Å². The van der Waals surface area contributed by atoms with Crippen LogP contribution in [0.1, 0.15) is 51.2 Å². The van der Waals surface area contributed by atoms with Crippen LogP contribution in [0.25, 0.3) is 0 Å². The molecule has 1 unspecified atom stereocenters. The van der Waals surface area contributed by atoms with Crippen molar-refractivity contribution in [2.24, 2.45) is 4.99 Å². The van der Waals surface area contributed by atoms with E-state index in [2.05, 4.69) is 59.9 Å². The molecule has 0 aliphatic rings. The van der Waals surface area contributed by atoms with E-state index in [0.29, 0.717) is 32.1 Å². The normalized spacial score (nSPS) is 12.4. The lowest BCUT2D eigenvalue weighted by atomic mass is 10.1. The molecule has 0 aromatic heterocycles. The molecule has 0 heterocycles. The second-order valence-electron chi connectivity index (χ2n) is 6.44. The Kier molecular flexibility index (Phi) is 10.2. The fourth-order valence-electron chi connectivity index (χ4n) is 2.30. The van der Waals surface area contributed by atoms with E-state index in [-0.39, 0.29) is 11.9 Å². The summed E-state index contributed by atoms with van der Waals surface area (Å²) in [6.45, 7) is 10.1. The van der Waals surface area contributed by atoms with Gasteiger partial charge in [0.15, 0.2) is 5.96 Å². The molecular formula is C20H34N4O2. The highest BCUT2D eigenvalue weighted by Crippen LogP contribution is 2.20. The minimum atomic E-state index is 0.0519. The standard InChI is InChI=1S/C20H34N4O2/c1-6-12-26-18-13-15(3)8-9-17(18)14-23-20(21-5)22-11-10-19(25)24-16(4)7-2/h8-9,13,16H,6-7,10-12,14H2,1-5H3,(H,24,25)(H2,21,22,23). The second-order valence-corrected chi connectivity index (χ2v) is 6.44. The summed E-state index contributed by atoms with van der Waals surface area (Å²) in [6.07, 6.45) is 2.32. The van der Waals surface area contributed by atoms with Crippen molar-refractivity contribution < 1.29 is 9.53 Å². The first-order valence-electron chi connectivity index (χ1n) is 9.46. The number of guanidine groups is 1. The fraction of sp³-hybridized carbons (Fsp3) is 0.600. The minimum absolute atomic E-state index is 0.0519. The molecule has 1 aromatic carbocycles. The van der Waals surface area contributed by atoms with Crippen molar-refractivity contribution in [3.63, 3.8) is 0 Å². The third-order valence-electron chi connectivity index (χ3n) is 4.02. The summed E-state index contributed by atoms with van der Waals surface area (Å²) in [6, 6.07) is 6.41. The van der Waals surface area contributed by atoms with Crippen LogP contribution in [0.3, 0.4) is 0 Å². The number of ether oxygens (including phenoxy) is 1. The van der Waals surface area contributed by atoms with Crippen molar-refractivity contribution in [3.8, 4) is 5.75 Å². The molecule has 146 valence electrons. The van der Waals surface area contributed by atoms with Gasteiger partial charge >= 0.3 is 0 Å². The Labute approximate surface area is 157 Å². The lowest BCUT2D eigenvalue weighted by Crippen LogP contribution is -2.40. The van der Waals surface area contributed by atoms with Gasteiger partial charge < -0.3 is 20.7 Å². The lowest BCUT2D eigenvalue weighted by Gasteiger charge is -2.16. The number of aryl methyl sites for hydroxylation is 1. The molecule has 1 aromatic rings. The highest BCUT2D eigenvalue weighted by molar-refractivity contribution is 5.81. The van der Waals surface area contributed by atoms with Crippen molar-refractivity contribution >= 4 is 11.9 Å². The Morgan fingerprint density at radius 1 is 1.27 bits per heavy atom. The third-order valence-corrected chi connectivity index (χ3v) is 4.02. The summed E-state index contributed by atoms with van der Waals surface area (Å²) in [5.74, 6) is 1.63. The predicted molar refractivity (Wildman–Crippen MR) is 108 cm³/mol. The van der Waals surface area contributed by atoms with E-state index in [4.69, 9.17) is 4.74 Å². The molecule has 0 spiro atoms. The van der Waals surface area contributed by atoms with Crippen LogP contribution in [-0.2, 0) is 11.3 Å². The van der Waals surface area contributed by atoms with Gasteiger partial charge in [-0.3, -0.25) is 9.79 Å². The molecule has 6 heteroatoms. The Bertz CT molecular complexity index is 587. The Balaban J connectivity index is 2.48. The van der Waals surface area contributed by atoms with Crippen LogP contribution in [0.2, 0.25) is 0 Å². The summed E-state index contributed by atoms with van der Waals surface area (Å²) in [5, 5.41) is 9.40. The molecule has 0 aliphatic carbocycles. The molecule has 3 N–H and O–H groups in total. The van der Waals surface area contributed by atoms with Gasteiger partial charge in [-0.2, -0.15) is 0 Å². The van der Waals surface area contributed by atoms with Crippen LogP contribution in [0.5, 0.6) is 5.75 Å². The van der Waals surface area contributed by atoms with Crippen molar-refractivity contribution in [1.29, 1.82) is 0 Å². The topological polar surface area (TPSA) is 74.8 Å². The van der Waals surface area contributed by atoms with Gasteiger partial charge in [-0.15, -0.1) is 0 Å². The molecule has 0 fully saturated rings. The van der Waals surface area contributed by atoms with Crippen LogP contribution in [0.4, 0.5) is 0 Å². The zero-order chi connectivity index (χ0) is 19.4. The summed E-state index contributed by atoms with van der Waals surface area (Å²) in [5.41, 5.74) is 2.26. The Morgan fingerprint density at radius 3 is 2.69 bits per heavy atom. The molecule has 0 aliphatic heterocycles. The van der Waals surface area contributed by atoms with Gasteiger partial charge in [0.2, 0.25) is 5.91 Å². The average Bonchev–Trinajstić information content (AvgIpc) is 2.63. The van der Waals surface area contributed by atoms with Crippen molar-refractivity contribution in [1.82, 2.24) is 16.0 Å². The molecule has 1 rings (SSSR count). The van der Waals surface area contributed by atoms with Crippen LogP contribution < -0.4 is 20.7 Å². The van der Waals surface area contributed by atoms with Crippen molar-refractivity contribution in [2.45, 2.75) is 59.5 Å². The van der Waals surface area contributed by atoms with Gasteiger partial charge in [-0.25, -0.2) is 0 Å². The Hall–Kier alpha value is -2.24. The molecule has 26 heavy (non-hydrogen) atoms. The first kappa shape index (κ1) is 21.8. The maximum Gasteiger partial charge on any atom is 0.221 e. The largest absolute Gasteiger partial charge is 0.493 e. The van der Waals surface area contributed by atoms with E-state index in [1.54, 1.807) is 7.05 Å². The quantitative estimate of drug-likeness (QED) is 0.442. The fourth-order valence-corrected chi connectivity index (χ4v) is 2.30. The zero-order valence-corrected chi connectivity index (χ0v) is 16.8. The third kappa shape index (κ3) is 8.23. The van der Waals surface area contributed by atoms with E-state index >= 15 is 0 Å². The maximum atomic E-state index is 11.8. The number of carbonyl (C=O) groups is 1. The number of aliphatic imine (C=N–C) groups is 1. The maximum absolute atomic E-state index is 11.8. The SMILES string of the molecule is CCCOc1cc(C)ccc1CNC(=NC)NCCC(=O)NC(C)CC. The van der Waals surface area contributed by atoms with Crippen LogP contribution >= 0.6 is 0 Å². The van der Waals surface area contributed by atoms with Gasteiger partial charge in [-0.05, 0) is 38.3 Å². The first-order chi connectivity index (χ1) is 12.5. The van der Waals surface area contributed by atoms with E-state index in [1.807, 2.05) is 6.92 Å². The van der Waals surface area contributed by atoms with E-state index in [1.165, 1.54) is 5.56 Å². The molecule has 0 bridgehead atoms. The molecule has 1 amide bonds. The van der Waals surface area contributed by atoms with Gasteiger partial charge in [0.05, 0.1) is 6.61 Å². The van der Waals surface area contributed by atoms with Gasteiger partial charge in [0.25, 0.3) is 0 Å². The number of hydrogen-bond donors (Lipinski definition) is 3. The Morgan fingerprint density at radius 2 is 2.04 bits per heavy atom. The van der Waals surface area contributed by atoms with Gasteiger partial charge in [-0.1, -0.05) is 26.0 Å². The molecule has 6 nitrogen and oxygen atoms in total. The molecule has 0 saturated carbocycles. The summed E-state index contributed by atoms with van der Waals surface area (Å²) in [7, 11) is 1.72. The number of rotatable bonds is 10. The number of amides is 1. The van der Waals surface area contributed by atoms with Gasteiger partial charge in [0.1, 0.15) is 5.75 Å². The highest BCUT2D eigenvalue weighted by atomic mass is 16.5. The highest BCUT2D eigenvalue weighted by Gasteiger charge is 2.08. The first-order valence-corrected chi connectivity index (χ1v) is 9.46. The molecule has 0 radical (unpaired) electrons. The van der Waals surface area contributed by atoms with Crippen LogP contribution in [-0.4, -0.2) is 38.1 Å². The van der Waals surface area contributed by atoms with Crippen LogP contribution in [0, 0.1) is 6.92 Å². The van der Waals surface area contributed by atoms with Gasteiger partial charge in [0, 0.05) is 38.2 Å². The minimum Gasteiger partial charge on any atom is -0.493 e. The van der Waals surface area contributed by atoms with Crippen molar-refractivity contribution in [2.75, 3.05) is 20.2 Å². The number of benzene rings is 1. The number of carbonyl (C=O) groups excluding carboxylic acids is 1. The average molecular weight is 363 g/mol. The van der Waals surface area contributed by atoms with Crippen LogP contribution in [0.15, 0.2) is 23.2 Å². The number of nitrogens with zero attached hydrogens (tertiary/aromatic N) is 1. The van der Waals surface area contributed by atoms with E-state index in [0.717, 1.165) is 24.2 Å². The van der Waals surface area contributed by atoms with Crippen molar-refractivity contribution in [3.05, 3.63) is 29.3 Å². The summed E-state index contributed by atoms with van der Waals surface area (Å²) >= 11 is 0.